The summed E-state index contributed by atoms with van der Waals surface area (Å²) in [6.45, 7) is 19.0. The van der Waals surface area contributed by atoms with Crippen molar-refractivity contribution in [3.05, 3.63) is 168 Å². The third kappa shape index (κ3) is 5.56. The third-order valence-electron chi connectivity index (χ3n) is 9.47. The zero-order chi connectivity index (χ0) is 32.4. The molecule has 47 heavy (non-hydrogen) atoms. The summed E-state index contributed by atoms with van der Waals surface area (Å²) >= 11 is 0. The molecule has 1 atom stereocenters. The average Bonchev–Trinajstić information content (AvgIpc) is 3.84. The molecule has 4 nitrogen and oxygen atoms in total. The number of benzene rings is 4. The van der Waals surface area contributed by atoms with E-state index in [1.807, 2.05) is 24.3 Å². The first-order chi connectivity index (χ1) is 23.1. The van der Waals surface area contributed by atoms with Crippen molar-refractivity contribution in [3.63, 3.8) is 0 Å². The molecule has 7 rings (SSSR count). The lowest BCUT2D eigenvalue weighted by atomic mass is 9.66. The Bertz CT molecular complexity index is 1730. The fraction of sp³-hybridized carbons (Fsp3) is 0.256. The molecular formula is C43H42O4. The summed E-state index contributed by atoms with van der Waals surface area (Å²) in [5.74, 6) is 1.83. The number of epoxide rings is 1. The molecule has 2 aliphatic heterocycles. The van der Waals surface area contributed by atoms with Crippen LogP contribution in [0.4, 0.5) is 0 Å². The molecule has 0 bridgehead atoms. The quantitative estimate of drug-likeness (QED) is 0.0867. The summed E-state index contributed by atoms with van der Waals surface area (Å²) in [5, 5.41) is 0. The Morgan fingerprint density at radius 2 is 1.09 bits per heavy atom. The van der Waals surface area contributed by atoms with E-state index in [9.17, 15) is 0 Å². The lowest BCUT2D eigenvalue weighted by Gasteiger charge is -2.36. The van der Waals surface area contributed by atoms with Gasteiger partial charge in [-0.25, -0.2) is 0 Å². The monoisotopic (exact) mass is 622 g/mol. The third-order valence-corrected chi connectivity index (χ3v) is 9.47. The minimum Gasteiger partial charge on any atom is -0.490 e. The SMILES string of the molecule is C=CCc1cc(C2(c3cc(CC=C)c(OC4COC4)c(CC=C)c3)c3ccccc3-c3ccccc32)cc(CC=C)c1OCC1CO1. The summed E-state index contributed by atoms with van der Waals surface area (Å²) in [5.41, 5.74) is 11.2. The maximum Gasteiger partial charge on any atom is 0.145 e. The van der Waals surface area contributed by atoms with Gasteiger partial charge in [-0.1, -0.05) is 97.1 Å². The molecule has 0 radical (unpaired) electrons. The molecule has 0 aromatic heterocycles. The van der Waals surface area contributed by atoms with Crippen LogP contribution in [0, 0.1) is 0 Å². The number of hydrogen-bond donors (Lipinski definition) is 0. The number of allylic oxidation sites excluding steroid dienone is 4. The molecule has 4 aromatic rings. The molecule has 1 aliphatic carbocycles. The van der Waals surface area contributed by atoms with Crippen LogP contribution in [0.1, 0.15) is 44.5 Å². The van der Waals surface area contributed by atoms with Crippen LogP contribution in [-0.2, 0) is 40.6 Å². The van der Waals surface area contributed by atoms with Crippen molar-refractivity contribution in [1.82, 2.24) is 0 Å². The molecular weight excluding hydrogens is 580 g/mol. The van der Waals surface area contributed by atoms with E-state index in [0.717, 1.165) is 40.4 Å². The smallest absolute Gasteiger partial charge is 0.145 e. The van der Waals surface area contributed by atoms with Gasteiger partial charge in [0.1, 0.15) is 30.3 Å². The second kappa shape index (κ2) is 13.2. The van der Waals surface area contributed by atoms with E-state index < -0.39 is 5.41 Å². The topological polar surface area (TPSA) is 40.2 Å². The van der Waals surface area contributed by atoms with Gasteiger partial charge in [-0.3, -0.25) is 0 Å². The average molecular weight is 623 g/mol. The number of rotatable bonds is 15. The zero-order valence-corrected chi connectivity index (χ0v) is 27.0. The highest BCUT2D eigenvalue weighted by atomic mass is 16.6. The Morgan fingerprint density at radius 3 is 1.49 bits per heavy atom. The van der Waals surface area contributed by atoms with E-state index in [-0.39, 0.29) is 12.2 Å². The van der Waals surface area contributed by atoms with Gasteiger partial charge in [0.2, 0.25) is 0 Å². The number of ether oxygens (including phenoxy) is 4. The lowest BCUT2D eigenvalue weighted by molar-refractivity contribution is -0.0802. The van der Waals surface area contributed by atoms with Crippen LogP contribution in [0.5, 0.6) is 11.5 Å². The van der Waals surface area contributed by atoms with Gasteiger partial charge in [0, 0.05) is 0 Å². The van der Waals surface area contributed by atoms with Crippen LogP contribution in [0.3, 0.4) is 0 Å². The van der Waals surface area contributed by atoms with E-state index in [4.69, 9.17) is 18.9 Å². The van der Waals surface area contributed by atoms with E-state index >= 15 is 0 Å². The summed E-state index contributed by atoms with van der Waals surface area (Å²) in [4.78, 5) is 0. The van der Waals surface area contributed by atoms with E-state index in [0.29, 0.717) is 45.5 Å². The molecule has 2 heterocycles. The lowest BCUT2D eigenvalue weighted by Crippen LogP contribution is -2.39. The summed E-state index contributed by atoms with van der Waals surface area (Å²) in [7, 11) is 0. The first kappa shape index (κ1) is 31.0. The van der Waals surface area contributed by atoms with Crippen LogP contribution >= 0.6 is 0 Å². The van der Waals surface area contributed by atoms with Crippen molar-refractivity contribution in [2.75, 3.05) is 26.4 Å². The fourth-order valence-electron chi connectivity index (χ4n) is 7.32. The predicted molar refractivity (Wildman–Crippen MR) is 190 cm³/mol. The van der Waals surface area contributed by atoms with Gasteiger partial charge in [0.25, 0.3) is 0 Å². The Morgan fingerprint density at radius 1 is 0.638 bits per heavy atom. The zero-order valence-electron chi connectivity index (χ0n) is 27.0. The van der Waals surface area contributed by atoms with Gasteiger partial charge in [-0.2, -0.15) is 0 Å². The van der Waals surface area contributed by atoms with E-state index in [1.54, 1.807) is 0 Å². The molecule has 1 unspecified atom stereocenters. The Balaban J connectivity index is 1.55. The minimum atomic E-state index is -0.610. The second-order valence-corrected chi connectivity index (χ2v) is 12.6. The second-order valence-electron chi connectivity index (χ2n) is 12.6. The van der Waals surface area contributed by atoms with E-state index in [1.165, 1.54) is 33.4 Å². The van der Waals surface area contributed by atoms with Crippen LogP contribution in [0.15, 0.2) is 123 Å². The van der Waals surface area contributed by atoms with Crippen molar-refractivity contribution in [1.29, 1.82) is 0 Å². The molecule has 0 spiro atoms. The van der Waals surface area contributed by atoms with Gasteiger partial charge < -0.3 is 18.9 Å². The first-order valence-corrected chi connectivity index (χ1v) is 16.6. The Labute approximate surface area is 278 Å². The van der Waals surface area contributed by atoms with Crippen molar-refractivity contribution in [3.8, 4) is 22.6 Å². The first-order valence-electron chi connectivity index (χ1n) is 16.6. The van der Waals surface area contributed by atoms with Crippen LogP contribution in [0.2, 0.25) is 0 Å². The molecule has 0 amide bonds. The van der Waals surface area contributed by atoms with Crippen molar-refractivity contribution in [2.45, 2.75) is 43.3 Å². The van der Waals surface area contributed by atoms with Gasteiger partial charge in [-0.05, 0) is 81.3 Å². The molecule has 4 aromatic carbocycles. The van der Waals surface area contributed by atoms with Gasteiger partial charge >= 0.3 is 0 Å². The standard InChI is InChI=1S/C43H42O4/c1-5-13-29-21-33(22-30(14-6-2)41(29)46-28-35-27-45-35)43(39-19-11-9-17-37(39)38-18-10-12-20-40(38)43)34-23-31(15-7-3)42(32(24-34)16-8-4)47-36-25-44-26-36/h5-12,17-24,35-36H,1-4,13-16,25-28H2. The van der Waals surface area contributed by atoms with Crippen LogP contribution in [0.25, 0.3) is 11.1 Å². The maximum atomic E-state index is 6.61. The Kier molecular flexibility index (Phi) is 8.72. The van der Waals surface area contributed by atoms with Crippen LogP contribution < -0.4 is 9.47 Å². The molecule has 0 saturated carbocycles. The minimum absolute atomic E-state index is 0.0476. The van der Waals surface area contributed by atoms with Gasteiger partial charge in [0.15, 0.2) is 0 Å². The maximum absolute atomic E-state index is 6.61. The number of hydrogen-bond acceptors (Lipinski definition) is 4. The molecule has 238 valence electrons. The van der Waals surface area contributed by atoms with Gasteiger partial charge in [0.05, 0.1) is 25.2 Å². The molecule has 3 aliphatic rings. The molecule has 4 heteroatoms. The van der Waals surface area contributed by atoms with Crippen molar-refractivity contribution >= 4 is 0 Å². The number of fused-ring (bicyclic) bond motifs is 3. The molecule has 2 fully saturated rings. The highest BCUT2D eigenvalue weighted by Gasteiger charge is 2.47. The fourth-order valence-corrected chi connectivity index (χ4v) is 7.32. The molecule has 0 N–H and O–H groups in total. The predicted octanol–water partition coefficient (Wildman–Crippen LogP) is 8.52. The highest BCUT2D eigenvalue weighted by Crippen LogP contribution is 2.57. The van der Waals surface area contributed by atoms with Crippen molar-refractivity contribution in [2.24, 2.45) is 0 Å². The normalized spacial score (nSPS) is 17.1. The largest absolute Gasteiger partial charge is 0.490 e. The van der Waals surface area contributed by atoms with Gasteiger partial charge in [-0.15, -0.1) is 26.3 Å². The van der Waals surface area contributed by atoms with Crippen molar-refractivity contribution < 1.29 is 18.9 Å². The van der Waals surface area contributed by atoms with Crippen LogP contribution in [-0.4, -0.2) is 38.6 Å². The van der Waals surface area contributed by atoms with E-state index in [2.05, 4.69) is 99.1 Å². The highest BCUT2D eigenvalue weighted by molar-refractivity contribution is 5.86. The summed E-state index contributed by atoms with van der Waals surface area (Å²) in [6, 6.07) is 27.0. The molecule has 2 saturated heterocycles. The summed E-state index contributed by atoms with van der Waals surface area (Å²) < 4.78 is 24.1. The Hall–Kier alpha value is -4.64. The summed E-state index contributed by atoms with van der Waals surface area (Å²) in [6.07, 6.45) is 10.8.